The van der Waals surface area contributed by atoms with E-state index in [0.717, 1.165) is 16.9 Å². The number of hydrogen-bond donors (Lipinski definition) is 0. The minimum atomic E-state index is -0.106. The van der Waals surface area contributed by atoms with Gasteiger partial charge in [-0.2, -0.15) is 0 Å². The zero-order valence-corrected chi connectivity index (χ0v) is 17.9. The number of benzene rings is 2. The lowest BCUT2D eigenvalue weighted by molar-refractivity contribution is -0.134. The molecule has 1 saturated heterocycles. The molecule has 1 heterocycles. The van der Waals surface area contributed by atoms with Crippen LogP contribution in [0.4, 0.5) is 0 Å². The monoisotopic (exact) mass is 412 g/mol. The number of piperazine rings is 1. The third-order valence-electron chi connectivity index (χ3n) is 5.42. The second kappa shape index (κ2) is 9.52. The molecule has 7 heteroatoms. The zero-order chi connectivity index (χ0) is 21.7. The number of aryl methyl sites for hydroxylation is 1. The van der Waals surface area contributed by atoms with Gasteiger partial charge in [-0.1, -0.05) is 12.1 Å². The van der Waals surface area contributed by atoms with Crippen LogP contribution < -0.4 is 14.2 Å². The van der Waals surface area contributed by atoms with E-state index in [1.165, 1.54) is 0 Å². The molecule has 0 aromatic heterocycles. The first-order valence-electron chi connectivity index (χ1n) is 9.92. The lowest BCUT2D eigenvalue weighted by Gasteiger charge is -2.34. The van der Waals surface area contributed by atoms with Gasteiger partial charge in [0.15, 0.2) is 6.61 Å². The highest BCUT2D eigenvalue weighted by molar-refractivity contribution is 5.95. The lowest BCUT2D eigenvalue weighted by Crippen LogP contribution is -2.51. The Morgan fingerprint density at radius 3 is 2.10 bits per heavy atom. The van der Waals surface area contributed by atoms with Crippen molar-refractivity contribution in [2.45, 2.75) is 13.8 Å². The normalized spacial score (nSPS) is 13.7. The molecule has 1 fully saturated rings. The van der Waals surface area contributed by atoms with Crippen LogP contribution in [0.3, 0.4) is 0 Å². The van der Waals surface area contributed by atoms with Crippen LogP contribution in [0.15, 0.2) is 36.4 Å². The molecule has 0 bridgehead atoms. The minimum Gasteiger partial charge on any atom is -0.497 e. The largest absolute Gasteiger partial charge is 0.497 e. The van der Waals surface area contributed by atoms with E-state index in [1.807, 2.05) is 32.0 Å². The number of amides is 2. The molecule has 1 aliphatic rings. The summed E-state index contributed by atoms with van der Waals surface area (Å²) in [5, 5.41) is 0. The molecular formula is C23H28N2O5. The number of nitrogens with zero attached hydrogens (tertiary/aromatic N) is 2. The number of carbonyl (C=O) groups is 2. The fourth-order valence-corrected chi connectivity index (χ4v) is 3.38. The van der Waals surface area contributed by atoms with Crippen LogP contribution in [0.1, 0.15) is 21.5 Å². The molecule has 0 aliphatic carbocycles. The third-order valence-corrected chi connectivity index (χ3v) is 5.42. The van der Waals surface area contributed by atoms with Crippen LogP contribution in [-0.4, -0.2) is 68.6 Å². The van der Waals surface area contributed by atoms with Gasteiger partial charge in [-0.3, -0.25) is 9.59 Å². The summed E-state index contributed by atoms with van der Waals surface area (Å²) in [6, 6.07) is 10.9. The Hall–Kier alpha value is -3.22. The Morgan fingerprint density at radius 2 is 1.50 bits per heavy atom. The van der Waals surface area contributed by atoms with Gasteiger partial charge >= 0.3 is 0 Å². The van der Waals surface area contributed by atoms with E-state index in [-0.39, 0.29) is 18.4 Å². The molecule has 160 valence electrons. The maximum atomic E-state index is 12.9. The average molecular weight is 412 g/mol. The number of hydrogen-bond acceptors (Lipinski definition) is 5. The Labute approximate surface area is 177 Å². The second-order valence-electron chi connectivity index (χ2n) is 7.26. The zero-order valence-electron chi connectivity index (χ0n) is 17.9. The van der Waals surface area contributed by atoms with E-state index in [4.69, 9.17) is 14.2 Å². The number of ether oxygens (including phenoxy) is 3. The van der Waals surface area contributed by atoms with Gasteiger partial charge in [0.2, 0.25) is 0 Å². The summed E-state index contributed by atoms with van der Waals surface area (Å²) in [7, 11) is 3.10. The van der Waals surface area contributed by atoms with Crippen molar-refractivity contribution in [1.29, 1.82) is 0 Å². The van der Waals surface area contributed by atoms with E-state index in [1.54, 1.807) is 42.2 Å². The first kappa shape index (κ1) is 21.5. The summed E-state index contributed by atoms with van der Waals surface area (Å²) < 4.78 is 16.2. The molecule has 0 N–H and O–H groups in total. The predicted molar refractivity (Wildman–Crippen MR) is 113 cm³/mol. The van der Waals surface area contributed by atoms with Gasteiger partial charge in [0.25, 0.3) is 11.8 Å². The molecule has 2 aromatic rings. The minimum absolute atomic E-state index is 0.00861. The van der Waals surface area contributed by atoms with E-state index in [0.29, 0.717) is 43.2 Å². The summed E-state index contributed by atoms with van der Waals surface area (Å²) in [5.74, 6) is 1.67. The molecule has 3 rings (SSSR count). The van der Waals surface area contributed by atoms with Crippen LogP contribution in [-0.2, 0) is 4.79 Å². The van der Waals surface area contributed by atoms with Crippen molar-refractivity contribution in [1.82, 2.24) is 9.80 Å². The Kier molecular flexibility index (Phi) is 6.82. The summed E-state index contributed by atoms with van der Waals surface area (Å²) >= 11 is 0. The molecule has 1 aliphatic heterocycles. The van der Waals surface area contributed by atoms with Gasteiger partial charge in [-0.25, -0.2) is 0 Å². The quantitative estimate of drug-likeness (QED) is 0.730. The van der Waals surface area contributed by atoms with Crippen molar-refractivity contribution < 1.29 is 23.8 Å². The van der Waals surface area contributed by atoms with Crippen LogP contribution in [0.2, 0.25) is 0 Å². The fraction of sp³-hybridized carbons (Fsp3) is 0.391. The van der Waals surface area contributed by atoms with Crippen LogP contribution >= 0.6 is 0 Å². The van der Waals surface area contributed by atoms with E-state index in [2.05, 4.69) is 0 Å². The highest BCUT2D eigenvalue weighted by Gasteiger charge is 2.25. The first-order chi connectivity index (χ1) is 14.4. The third kappa shape index (κ3) is 4.84. The van der Waals surface area contributed by atoms with Crippen molar-refractivity contribution in [3.05, 3.63) is 53.1 Å². The van der Waals surface area contributed by atoms with Crippen LogP contribution in [0, 0.1) is 13.8 Å². The summed E-state index contributed by atoms with van der Waals surface area (Å²) in [4.78, 5) is 28.9. The van der Waals surface area contributed by atoms with E-state index < -0.39 is 0 Å². The van der Waals surface area contributed by atoms with Gasteiger partial charge < -0.3 is 24.0 Å². The molecule has 0 unspecified atom stereocenters. The standard InChI is InChI=1S/C23H28N2O5/c1-16-6-5-7-21(17(16)2)30-15-22(26)24-8-10-25(11-9-24)23(27)18-12-19(28-3)14-20(13-18)29-4/h5-7,12-14H,8-11,15H2,1-4H3. The molecule has 2 amide bonds. The average Bonchev–Trinajstić information content (AvgIpc) is 2.79. The van der Waals surface area contributed by atoms with Crippen molar-refractivity contribution in [3.63, 3.8) is 0 Å². The number of rotatable bonds is 6. The first-order valence-corrected chi connectivity index (χ1v) is 9.92. The second-order valence-corrected chi connectivity index (χ2v) is 7.26. The lowest BCUT2D eigenvalue weighted by atomic mass is 10.1. The van der Waals surface area contributed by atoms with Gasteiger partial charge in [-0.15, -0.1) is 0 Å². The topological polar surface area (TPSA) is 68.3 Å². The predicted octanol–water partition coefficient (Wildman–Crippen LogP) is 2.68. The van der Waals surface area contributed by atoms with Crippen LogP contribution in [0.5, 0.6) is 17.2 Å². The van der Waals surface area contributed by atoms with Crippen molar-refractivity contribution in [3.8, 4) is 17.2 Å². The molecular weight excluding hydrogens is 384 g/mol. The van der Waals surface area contributed by atoms with Gasteiger partial charge in [0, 0.05) is 37.8 Å². The van der Waals surface area contributed by atoms with Crippen LogP contribution in [0.25, 0.3) is 0 Å². The smallest absolute Gasteiger partial charge is 0.260 e. The molecule has 0 atom stereocenters. The number of carbonyl (C=O) groups excluding carboxylic acids is 2. The Morgan fingerprint density at radius 1 is 0.900 bits per heavy atom. The SMILES string of the molecule is COc1cc(OC)cc(C(=O)N2CCN(C(=O)COc3cccc(C)c3C)CC2)c1. The molecule has 2 aromatic carbocycles. The van der Waals surface area contributed by atoms with Gasteiger partial charge in [0.1, 0.15) is 17.2 Å². The molecule has 0 radical (unpaired) electrons. The summed E-state index contributed by atoms with van der Waals surface area (Å²) in [6.45, 7) is 5.86. The van der Waals surface area contributed by atoms with E-state index >= 15 is 0 Å². The molecule has 7 nitrogen and oxygen atoms in total. The maximum Gasteiger partial charge on any atom is 0.260 e. The number of methoxy groups -OCH3 is 2. The fourth-order valence-electron chi connectivity index (χ4n) is 3.38. The van der Waals surface area contributed by atoms with Gasteiger partial charge in [-0.05, 0) is 43.2 Å². The van der Waals surface area contributed by atoms with Crippen molar-refractivity contribution in [2.24, 2.45) is 0 Å². The van der Waals surface area contributed by atoms with Gasteiger partial charge in [0.05, 0.1) is 14.2 Å². The molecule has 30 heavy (non-hydrogen) atoms. The molecule has 0 spiro atoms. The van der Waals surface area contributed by atoms with E-state index in [9.17, 15) is 9.59 Å². The van der Waals surface area contributed by atoms with Crippen molar-refractivity contribution in [2.75, 3.05) is 47.0 Å². The highest BCUT2D eigenvalue weighted by Crippen LogP contribution is 2.24. The Balaban J connectivity index is 1.56. The maximum absolute atomic E-state index is 12.9. The molecule has 0 saturated carbocycles. The Bertz CT molecular complexity index is 898. The summed E-state index contributed by atoms with van der Waals surface area (Å²) in [6.07, 6.45) is 0. The summed E-state index contributed by atoms with van der Waals surface area (Å²) in [5.41, 5.74) is 2.67. The van der Waals surface area contributed by atoms with Crippen molar-refractivity contribution >= 4 is 11.8 Å². The highest BCUT2D eigenvalue weighted by atomic mass is 16.5.